The zero-order valence-corrected chi connectivity index (χ0v) is 11.0. The third kappa shape index (κ3) is 7.50. The molecule has 0 aromatic rings. The molecule has 0 heterocycles. The van der Waals surface area contributed by atoms with Crippen LogP contribution in [0.25, 0.3) is 0 Å². The Kier molecular flexibility index (Phi) is 9.02. The number of unbranched alkanes of at least 4 members (excludes halogenated alkanes) is 1. The molecule has 1 amide bonds. The van der Waals surface area contributed by atoms with E-state index in [4.69, 9.17) is 0 Å². The van der Waals surface area contributed by atoms with Crippen LogP contribution in [0.2, 0.25) is 0 Å². The van der Waals surface area contributed by atoms with Gasteiger partial charge in [-0.1, -0.05) is 38.5 Å². The fraction of sp³-hybridized carbons (Fsp3) is 0.571. The van der Waals surface area contributed by atoms with Crippen LogP contribution in [0, 0.1) is 0 Å². The van der Waals surface area contributed by atoms with Crippen LogP contribution >= 0.6 is 0 Å². The standard InChI is InChI=1S/C14H23NO2/c1-4-6-8-13(9-7-5-2)10-14(12(3)17)15-11-16/h6,8-9,11,14H,4-5,7,10H2,1-3H3,(H,15,16)/b8-6+,13-9+. The molecule has 0 aliphatic rings. The number of hydrogen-bond acceptors (Lipinski definition) is 2. The molecule has 0 fully saturated rings. The average Bonchev–Trinajstić information content (AvgIpc) is 2.31. The van der Waals surface area contributed by atoms with Crippen LogP contribution in [0.4, 0.5) is 0 Å². The van der Waals surface area contributed by atoms with Crippen LogP contribution < -0.4 is 5.32 Å². The lowest BCUT2D eigenvalue weighted by Crippen LogP contribution is -2.34. The zero-order valence-electron chi connectivity index (χ0n) is 11.0. The minimum Gasteiger partial charge on any atom is -0.349 e. The highest BCUT2D eigenvalue weighted by Crippen LogP contribution is 2.11. The number of carbonyl (C=O) groups is 2. The number of nitrogens with one attached hydrogen (secondary N) is 1. The van der Waals surface area contributed by atoms with Crippen molar-refractivity contribution in [2.24, 2.45) is 0 Å². The Hall–Kier alpha value is -1.38. The van der Waals surface area contributed by atoms with Crippen molar-refractivity contribution in [2.75, 3.05) is 0 Å². The van der Waals surface area contributed by atoms with Gasteiger partial charge in [0.2, 0.25) is 6.41 Å². The second-order valence-electron chi connectivity index (χ2n) is 4.03. The summed E-state index contributed by atoms with van der Waals surface area (Å²) in [4.78, 5) is 21.8. The Morgan fingerprint density at radius 2 is 2.06 bits per heavy atom. The van der Waals surface area contributed by atoms with Crippen LogP contribution in [0.1, 0.15) is 46.5 Å². The third-order valence-corrected chi connectivity index (χ3v) is 2.46. The van der Waals surface area contributed by atoms with Crippen molar-refractivity contribution >= 4 is 12.2 Å². The minimum atomic E-state index is -0.405. The van der Waals surface area contributed by atoms with E-state index in [9.17, 15) is 9.59 Å². The molecule has 1 N–H and O–H groups in total. The molecule has 0 aliphatic heterocycles. The molecule has 0 saturated heterocycles. The van der Waals surface area contributed by atoms with Gasteiger partial charge < -0.3 is 5.32 Å². The molecule has 1 atom stereocenters. The Labute approximate surface area is 104 Å². The van der Waals surface area contributed by atoms with Gasteiger partial charge in [-0.05, 0) is 31.8 Å². The monoisotopic (exact) mass is 237 g/mol. The molecule has 0 spiro atoms. The average molecular weight is 237 g/mol. The summed E-state index contributed by atoms with van der Waals surface area (Å²) in [5, 5.41) is 2.56. The summed E-state index contributed by atoms with van der Waals surface area (Å²) >= 11 is 0. The molecule has 3 nitrogen and oxygen atoms in total. The van der Waals surface area contributed by atoms with Crippen molar-refractivity contribution in [3.8, 4) is 0 Å². The van der Waals surface area contributed by atoms with E-state index in [1.54, 1.807) is 0 Å². The molecular formula is C14H23NO2. The third-order valence-electron chi connectivity index (χ3n) is 2.46. The van der Waals surface area contributed by atoms with Gasteiger partial charge in [-0.25, -0.2) is 0 Å². The molecule has 17 heavy (non-hydrogen) atoms. The van der Waals surface area contributed by atoms with E-state index in [-0.39, 0.29) is 5.78 Å². The highest BCUT2D eigenvalue weighted by atomic mass is 16.1. The lowest BCUT2D eigenvalue weighted by atomic mass is 10.0. The van der Waals surface area contributed by atoms with Gasteiger partial charge in [0.15, 0.2) is 5.78 Å². The van der Waals surface area contributed by atoms with E-state index in [1.165, 1.54) is 6.92 Å². The summed E-state index contributed by atoms with van der Waals surface area (Å²) < 4.78 is 0. The van der Waals surface area contributed by atoms with E-state index in [0.29, 0.717) is 12.8 Å². The Morgan fingerprint density at radius 1 is 1.35 bits per heavy atom. The van der Waals surface area contributed by atoms with Gasteiger partial charge in [0.25, 0.3) is 0 Å². The van der Waals surface area contributed by atoms with Crippen LogP contribution in [0.15, 0.2) is 23.8 Å². The van der Waals surface area contributed by atoms with Crippen LogP contribution in [0.5, 0.6) is 0 Å². The van der Waals surface area contributed by atoms with E-state index in [0.717, 1.165) is 24.8 Å². The summed E-state index contributed by atoms with van der Waals surface area (Å²) in [6, 6.07) is -0.405. The maximum absolute atomic E-state index is 11.3. The first-order valence-electron chi connectivity index (χ1n) is 6.21. The molecule has 96 valence electrons. The van der Waals surface area contributed by atoms with Gasteiger partial charge in [0.1, 0.15) is 0 Å². The Balaban J connectivity index is 4.63. The zero-order chi connectivity index (χ0) is 13.1. The predicted molar refractivity (Wildman–Crippen MR) is 70.7 cm³/mol. The van der Waals surface area contributed by atoms with E-state index in [1.807, 2.05) is 6.08 Å². The van der Waals surface area contributed by atoms with Crippen molar-refractivity contribution in [3.63, 3.8) is 0 Å². The molecule has 1 unspecified atom stereocenters. The van der Waals surface area contributed by atoms with Crippen molar-refractivity contribution in [1.82, 2.24) is 5.32 Å². The number of rotatable bonds is 9. The SMILES string of the molecule is CC/C=C/C(=C\CCC)CC(NC=O)C(C)=O. The number of hydrogen-bond donors (Lipinski definition) is 1. The molecule has 0 aromatic heterocycles. The van der Waals surface area contributed by atoms with Gasteiger partial charge in [0.05, 0.1) is 6.04 Å². The largest absolute Gasteiger partial charge is 0.349 e. The fourth-order valence-corrected chi connectivity index (χ4v) is 1.46. The van der Waals surface area contributed by atoms with E-state index < -0.39 is 6.04 Å². The summed E-state index contributed by atoms with van der Waals surface area (Å²) in [6.45, 7) is 5.69. The quantitative estimate of drug-likeness (QED) is 0.495. The summed E-state index contributed by atoms with van der Waals surface area (Å²) in [7, 11) is 0. The van der Waals surface area contributed by atoms with Gasteiger partial charge >= 0.3 is 0 Å². The lowest BCUT2D eigenvalue weighted by molar-refractivity contribution is -0.121. The van der Waals surface area contributed by atoms with Gasteiger partial charge in [-0.15, -0.1) is 0 Å². The number of allylic oxidation sites excluding steroid dienone is 3. The first-order chi connectivity index (χ1) is 8.15. The van der Waals surface area contributed by atoms with Gasteiger partial charge in [-0.3, -0.25) is 9.59 Å². The molecule has 0 saturated carbocycles. The number of carbonyl (C=O) groups excluding carboxylic acids is 2. The molecule has 0 bridgehead atoms. The van der Waals surface area contributed by atoms with Gasteiger partial charge in [-0.2, -0.15) is 0 Å². The first kappa shape index (κ1) is 15.6. The maximum Gasteiger partial charge on any atom is 0.207 e. The topological polar surface area (TPSA) is 46.2 Å². The number of amides is 1. The minimum absolute atomic E-state index is 0.00982. The summed E-state index contributed by atoms with van der Waals surface area (Å²) in [5.74, 6) is -0.00982. The first-order valence-corrected chi connectivity index (χ1v) is 6.21. The summed E-state index contributed by atoms with van der Waals surface area (Å²) in [5.41, 5.74) is 1.11. The highest BCUT2D eigenvalue weighted by Gasteiger charge is 2.13. The molecule has 0 aromatic carbocycles. The van der Waals surface area contributed by atoms with E-state index >= 15 is 0 Å². The molecular weight excluding hydrogens is 214 g/mol. The predicted octanol–water partition coefficient (Wildman–Crippen LogP) is 2.77. The van der Waals surface area contributed by atoms with E-state index in [2.05, 4.69) is 31.3 Å². The molecule has 0 rings (SSSR count). The van der Waals surface area contributed by atoms with Crippen molar-refractivity contribution in [3.05, 3.63) is 23.8 Å². The molecule has 0 radical (unpaired) electrons. The summed E-state index contributed by atoms with van der Waals surface area (Å²) in [6.07, 6.45) is 10.4. The number of ketones is 1. The van der Waals surface area contributed by atoms with Crippen molar-refractivity contribution < 1.29 is 9.59 Å². The lowest BCUT2D eigenvalue weighted by Gasteiger charge is -2.13. The second-order valence-corrected chi connectivity index (χ2v) is 4.03. The molecule has 0 aliphatic carbocycles. The van der Waals surface area contributed by atoms with Crippen LogP contribution in [-0.4, -0.2) is 18.2 Å². The normalized spacial score (nSPS) is 13.7. The maximum atomic E-state index is 11.3. The Morgan fingerprint density at radius 3 is 2.53 bits per heavy atom. The van der Waals surface area contributed by atoms with Crippen molar-refractivity contribution in [2.45, 2.75) is 52.5 Å². The number of Topliss-reactive ketones (excluding diaryl/α,β-unsaturated/α-hetero) is 1. The smallest absolute Gasteiger partial charge is 0.207 e. The van der Waals surface area contributed by atoms with Gasteiger partial charge in [0, 0.05) is 0 Å². The van der Waals surface area contributed by atoms with Crippen LogP contribution in [0.3, 0.4) is 0 Å². The second kappa shape index (κ2) is 9.82. The highest BCUT2D eigenvalue weighted by molar-refractivity contribution is 5.83. The van der Waals surface area contributed by atoms with Crippen LogP contribution in [-0.2, 0) is 9.59 Å². The fourth-order valence-electron chi connectivity index (χ4n) is 1.46. The van der Waals surface area contributed by atoms with Crippen molar-refractivity contribution in [1.29, 1.82) is 0 Å². The Bertz CT molecular complexity index is 293. The molecule has 3 heteroatoms.